The van der Waals surface area contributed by atoms with Crippen LogP contribution in [0.15, 0.2) is 23.6 Å². The largest absolute Gasteiger partial charge is 0.345 e. The van der Waals surface area contributed by atoms with Gasteiger partial charge in [-0.05, 0) is 24.6 Å². The van der Waals surface area contributed by atoms with E-state index in [-0.39, 0.29) is 5.82 Å². The van der Waals surface area contributed by atoms with Gasteiger partial charge in [0.2, 0.25) is 6.29 Å². The fraction of sp³-hybridized carbons (Fsp3) is 0.308. The highest BCUT2D eigenvalue weighted by molar-refractivity contribution is 7.13. The first-order valence-corrected chi connectivity index (χ1v) is 6.57. The van der Waals surface area contributed by atoms with E-state index in [1.165, 1.54) is 17.4 Å². The van der Waals surface area contributed by atoms with Crippen LogP contribution in [0.4, 0.5) is 4.39 Å². The number of ether oxygens (including phenoxy) is 2. The standard InChI is InChI=1S/C13H12FNO2S/c1-8-2-3-9(10(14)6-8)12-15-11(7-18-12)13-16-4-5-17-13/h2-3,6-7,13H,4-5H2,1H3. The third kappa shape index (κ3) is 2.16. The van der Waals surface area contributed by atoms with E-state index in [0.717, 1.165) is 5.56 Å². The van der Waals surface area contributed by atoms with Crippen molar-refractivity contribution in [1.29, 1.82) is 0 Å². The predicted molar refractivity (Wildman–Crippen MR) is 66.9 cm³/mol. The summed E-state index contributed by atoms with van der Waals surface area (Å²) in [7, 11) is 0. The van der Waals surface area contributed by atoms with Gasteiger partial charge in [0.1, 0.15) is 16.5 Å². The Bertz CT molecular complexity index is 564. The third-order valence-corrected chi connectivity index (χ3v) is 3.63. The molecule has 0 aliphatic carbocycles. The summed E-state index contributed by atoms with van der Waals surface area (Å²) in [6.45, 7) is 3.02. The van der Waals surface area contributed by atoms with Crippen LogP contribution in [0.2, 0.25) is 0 Å². The molecule has 1 aromatic heterocycles. The number of hydrogen-bond donors (Lipinski definition) is 0. The minimum absolute atomic E-state index is 0.246. The second-order valence-electron chi connectivity index (χ2n) is 4.13. The molecule has 0 amide bonds. The molecule has 2 heterocycles. The van der Waals surface area contributed by atoms with E-state index in [4.69, 9.17) is 9.47 Å². The van der Waals surface area contributed by atoms with Crippen molar-refractivity contribution in [2.75, 3.05) is 13.2 Å². The zero-order chi connectivity index (χ0) is 12.5. The SMILES string of the molecule is Cc1ccc(-c2nc(C3OCCO3)cs2)c(F)c1. The summed E-state index contributed by atoms with van der Waals surface area (Å²) < 4.78 is 24.6. The molecule has 0 N–H and O–H groups in total. The predicted octanol–water partition coefficient (Wildman–Crippen LogP) is 3.30. The lowest BCUT2D eigenvalue weighted by molar-refractivity contribution is -0.0468. The Hall–Kier alpha value is -1.30. The first-order valence-electron chi connectivity index (χ1n) is 5.69. The summed E-state index contributed by atoms with van der Waals surface area (Å²) in [6, 6.07) is 5.14. The Morgan fingerprint density at radius 2 is 2.11 bits per heavy atom. The van der Waals surface area contributed by atoms with Crippen LogP contribution in [0.1, 0.15) is 17.5 Å². The normalized spacial score (nSPS) is 16.3. The van der Waals surface area contributed by atoms with Crippen molar-refractivity contribution in [3.63, 3.8) is 0 Å². The summed E-state index contributed by atoms with van der Waals surface area (Å²) >= 11 is 1.40. The van der Waals surface area contributed by atoms with Crippen LogP contribution >= 0.6 is 11.3 Å². The molecular formula is C13H12FNO2S. The van der Waals surface area contributed by atoms with Crippen molar-refractivity contribution in [3.8, 4) is 10.6 Å². The number of benzene rings is 1. The molecule has 5 heteroatoms. The van der Waals surface area contributed by atoms with E-state index in [9.17, 15) is 4.39 Å². The van der Waals surface area contributed by atoms with Crippen molar-refractivity contribution < 1.29 is 13.9 Å². The van der Waals surface area contributed by atoms with E-state index in [1.807, 2.05) is 18.4 Å². The minimum Gasteiger partial charge on any atom is -0.345 e. The lowest BCUT2D eigenvalue weighted by Crippen LogP contribution is -1.98. The maximum Gasteiger partial charge on any atom is 0.202 e. The van der Waals surface area contributed by atoms with Gasteiger partial charge < -0.3 is 9.47 Å². The van der Waals surface area contributed by atoms with Gasteiger partial charge in [0.15, 0.2) is 0 Å². The molecule has 3 nitrogen and oxygen atoms in total. The number of hydrogen-bond acceptors (Lipinski definition) is 4. The molecule has 1 fully saturated rings. The topological polar surface area (TPSA) is 31.4 Å². The molecule has 0 atom stereocenters. The second kappa shape index (κ2) is 4.76. The number of rotatable bonds is 2. The highest BCUT2D eigenvalue weighted by atomic mass is 32.1. The van der Waals surface area contributed by atoms with Crippen LogP contribution in [0.25, 0.3) is 10.6 Å². The first kappa shape index (κ1) is 11.8. The van der Waals surface area contributed by atoms with E-state index in [1.54, 1.807) is 6.07 Å². The maximum atomic E-state index is 13.8. The van der Waals surface area contributed by atoms with Crippen molar-refractivity contribution >= 4 is 11.3 Å². The highest BCUT2D eigenvalue weighted by Gasteiger charge is 2.22. The molecule has 94 valence electrons. The number of thiazole rings is 1. The Labute approximate surface area is 108 Å². The van der Waals surface area contributed by atoms with Gasteiger partial charge in [-0.3, -0.25) is 0 Å². The zero-order valence-corrected chi connectivity index (χ0v) is 10.7. The fourth-order valence-electron chi connectivity index (χ4n) is 1.84. The number of aromatic nitrogens is 1. The van der Waals surface area contributed by atoms with Gasteiger partial charge >= 0.3 is 0 Å². The Morgan fingerprint density at radius 3 is 2.83 bits per heavy atom. The quantitative estimate of drug-likeness (QED) is 0.835. The first-order chi connectivity index (χ1) is 8.74. The summed E-state index contributed by atoms with van der Waals surface area (Å²) in [5, 5.41) is 2.51. The molecule has 1 aliphatic rings. The van der Waals surface area contributed by atoms with Gasteiger partial charge in [0, 0.05) is 10.9 Å². The molecule has 0 unspecified atom stereocenters. The Kier molecular flexibility index (Phi) is 3.11. The molecule has 0 radical (unpaired) electrons. The summed E-state index contributed by atoms with van der Waals surface area (Å²) in [4.78, 5) is 4.38. The lowest BCUT2D eigenvalue weighted by Gasteiger charge is -2.04. The van der Waals surface area contributed by atoms with Crippen LogP contribution in [-0.4, -0.2) is 18.2 Å². The molecule has 3 rings (SSSR count). The highest BCUT2D eigenvalue weighted by Crippen LogP contribution is 2.31. The minimum atomic E-state index is -0.400. The van der Waals surface area contributed by atoms with Crippen LogP contribution in [0.3, 0.4) is 0 Å². The maximum absolute atomic E-state index is 13.8. The number of nitrogens with zero attached hydrogens (tertiary/aromatic N) is 1. The van der Waals surface area contributed by atoms with Gasteiger partial charge in [-0.25, -0.2) is 9.37 Å². The Balaban J connectivity index is 1.92. The molecular weight excluding hydrogens is 253 g/mol. The molecule has 18 heavy (non-hydrogen) atoms. The van der Waals surface area contributed by atoms with E-state index < -0.39 is 6.29 Å². The van der Waals surface area contributed by atoms with E-state index >= 15 is 0 Å². The van der Waals surface area contributed by atoms with Crippen molar-refractivity contribution in [2.24, 2.45) is 0 Å². The summed E-state index contributed by atoms with van der Waals surface area (Å²) in [5.41, 5.74) is 2.14. The molecule has 1 aromatic carbocycles. The molecule has 1 aliphatic heterocycles. The summed E-state index contributed by atoms with van der Waals surface area (Å²) in [6.07, 6.45) is -0.400. The monoisotopic (exact) mass is 265 g/mol. The van der Waals surface area contributed by atoms with Crippen LogP contribution in [-0.2, 0) is 9.47 Å². The third-order valence-electron chi connectivity index (χ3n) is 2.74. The van der Waals surface area contributed by atoms with Crippen LogP contribution in [0, 0.1) is 12.7 Å². The van der Waals surface area contributed by atoms with Gasteiger partial charge in [-0.1, -0.05) is 6.07 Å². The smallest absolute Gasteiger partial charge is 0.202 e. The van der Waals surface area contributed by atoms with Gasteiger partial charge in [0.25, 0.3) is 0 Å². The zero-order valence-electron chi connectivity index (χ0n) is 9.85. The van der Waals surface area contributed by atoms with Gasteiger partial charge in [-0.15, -0.1) is 11.3 Å². The van der Waals surface area contributed by atoms with Crippen LogP contribution < -0.4 is 0 Å². The number of aryl methyl sites for hydroxylation is 1. The average molecular weight is 265 g/mol. The second-order valence-corrected chi connectivity index (χ2v) is 4.99. The number of halogens is 1. The van der Waals surface area contributed by atoms with E-state index in [0.29, 0.717) is 29.5 Å². The molecule has 0 spiro atoms. The lowest BCUT2D eigenvalue weighted by atomic mass is 10.1. The van der Waals surface area contributed by atoms with Gasteiger partial charge in [-0.2, -0.15) is 0 Å². The van der Waals surface area contributed by atoms with Crippen molar-refractivity contribution in [3.05, 3.63) is 40.7 Å². The fourth-order valence-corrected chi connectivity index (χ4v) is 2.69. The van der Waals surface area contributed by atoms with Crippen molar-refractivity contribution in [2.45, 2.75) is 13.2 Å². The van der Waals surface area contributed by atoms with Gasteiger partial charge in [0.05, 0.1) is 13.2 Å². The molecule has 1 saturated heterocycles. The molecule has 2 aromatic rings. The van der Waals surface area contributed by atoms with Crippen molar-refractivity contribution in [1.82, 2.24) is 4.98 Å². The van der Waals surface area contributed by atoms with E-state index in [2.05, 4.69) is 4.98 Å². The molecule has 0 bridgehead atoms. The Morgan fingerprint density at radius 1 is 1.33 bits per heavy atom. The average Bonchev–Trinajstić information content (AvgIpc) is 2.99. The molecule has 0 saturated carbocycles. The summed E-state index contributed by atoms with van der Waals surface area (Å²) in [5.74, 6) is -0.246. The van der Waals surface area contributed by atoms with Crippen LogP contribution in [0.5, 0.6) is 0 Å².